The number of nitrogens with one attached hydrogen (secondary N) is 1. The lowest BCUT2D eigenvalue weighted by Gasteiger charge is -2.15. The van der Waals surface area contributed by atoms with E-state index < -0.39 is 23.8 Å². The summed E-state index contributed by atoms with van der Waals surface area (Å²) in [5, 5.41) is 6.70. The average Bonchev–Trinajstić information content (AvgIpc) is 2.96. The molecule has 140 valence electrons. The van der Waals surface area contributed by atoms with Crippen LogP contribution in [0.15, 0.2) is 47.0 Å². The van der Waals surface area contributed by atoms with Crippen molar-refractivity contribution < 1.29 is 22.8 Å². The maximum atomic E-state index is 14.1. The van der Waals surface area contributed by atoms with E-state index in [1.54, 1.807) is 38.1 Å². The van der Waals surface area contributed by atoms with E-state index in [1.165, 1.54) is 6.07 Å². The zero-order chi connectivity index (χ0) is 19.6. The molecule has 1 atom stereocenters. The minimum absolute atomic E-state index is 0.0349. The highest BCUT2D eigenvalue weighted by Gasteiger charge is 2.22. The van der Waals surface area contributed by atoms with Gasteiger partial charge in [-0.2, -0.15) is 0 Å². The number of hydrogen-bond donors (Lipinski definition) is 1. The van der Waals surface area contributed by atoms with Gasteiger partial charge in [0.05, 0.1) is 5.56 Å². The number of ether oxygens (including phenoxy) is 1. The molecule has 3 aromatic rings. The molecule has 2 aromatic carbocycles. The Kier molecular flexibility index (Phi) is 5.41. The predicted molar refractivity (Wildman–Crippen MR) is 96.6 cm³/mol. The van der Waals surface area contributed by atoms with Crippen molar-refractivity contribution in [1.29, 1.82) is 0 Å². The van der Waals surface area contributed by atoms with Gasteiger partial charge in [-0.15, -0.1) is 0 Å². The van der Waals surface area contributed by atoms with Crippen LogP contribution in [0.1, 0.15) is 24.3 Å². The van der Waals surface area contributed by atoms with Gasteiger partial charge < -0.3 is 9.26 Å². The number of hydrogen-bond acceptors (Lipinski definition) is 4. The highest BCUT2D eigenvalue weighted by molar-refractivity contribution is 6.31. The predicted octanol–water partition coefficient (Wildman–Crippen LogP) is 5.89. The highest BCUT2D eigenvalue weighted by atomic mass is 35.5. The van der Waals surface area contributed by atoms with Crippen LogP contribution in [0.2, 0.25) is 5.02 Å². The lowest BCUT2D eigenvalue weighted by Crippen LogP contribution is -2.17. The van der Waals surface area contributed by atoms with Gasteiger partial charge >= 0.3 is 6.09 Å². The van der Waals surface area contributed by atoms with Crippen molar-refractivity contribution in [1.82, 2.24) is 5.16 Å². The Balaban J connectivity index is 1.81. The Morgan fingerprint density at radius 3 is 2.70 bits per heavy atom. The van der Waals surface area contributed by atoms with Crippen molar-refractivity contribution in [2.75, 3.05) is 5.32 Å². The first-order valence-electron chi connectivity index (χ1n) is 8.00. The van der Waals surface area contributed by atoms with Crippen LogP contribution < -0.4 is 5.32 Å². The fourth-order valence-corrected chi connectivity index (χ4v) is 2.82. The van der Waals surface area contributed by atoms with Crippen LogP contribution in [0.4, 0.5) is 19.3 Å². The quantitative estimate of drug-likeness (QED) is 0.601. The summed E-state index contributed by atoms with van der Waals surface area (Å²) < 4.78 is 37.6. The monoisotopic (exact) mass is 392 g/mol. The van der Waals surface area contributed by atoms with Gasteiger partial charge in [-0.05, 0) is 32.0 Å². The summed E-state index contributed by atoms with van der Waals surface area (Å²) in [7, 11) is 0. The Hall–Kier alpha value is -2.93. The number of aryl methyl sites for hydroxylation is 1. The molecule has 0 radical (unpaired) electrons. The first kappa shape index (κ1) is 18.8. The Bertz CT molecular complexity index is 991. The molecule has 8 heteroatoms. The molecule has 1 amide bonds. The SMILES string of the molecule is Cc1noc(-c2ccc(F)cc2F)c1NC(=O)OC(C)c1ccccc1Cl. The number of halogens is 3. The van der Waals surface area contributed by atoms with Crippen LogP contribution in [0.3, 0.4) is 0 Å². The molecule has 0 bridgehead atoms. The van der Waals surface area contributed by atoms with E-state index >= 15 is 0 Å². The molecule has 0 aliphatic carbocycles. The molecule has 1 aromatic heterocycles. The number of carbonyl (C=O) groups is 1. The smallest absolute Gasteiger partial charge is 0.412 e. The first-order chi connectivity index (χ1) is 12.9. The third-order valence-corrected chi connectivity index (χ3v) is 4.24. The molecule has 0 aliphatic heterocycles. The molecule has 0 spiro atoms. The van der Waals surface area contributed by atoms with Gasteiger partial charge in [0.25, 0.3) is 0 Å². The maximum Gasteiger partial charge on any atom is 0.412 e. The van der Waals surface area contributed by atoms with Crippen molar-refractivity contribution in [3.05, 3.63) is 70.4 Å². The van der Waals surface area contributed by atoms with E-state index in [4.69, 9.17) is 20.9 Å². The van der Waals surface area contributed by atoms with E-state index in [1.807, 2.05) is 0 Å². The van der Waals surface area contributed by atoms with E-state index in [-0.39, 0.29) is 17.0 Å². The minimum Gasteiger partial charge on any atom is -0.441 e. The molecule has 1 N–H and O–H groups in total. The van der Waals surface area contributed by atoms with Crippen molar-refractivity contribution in [2.24, 2.45) is 0 Å². The summed E-state index contributed by atoms with van der Waals surface area (Å²) in [6.45, 7) is 3.24. The molecule has 1 heterocycles. The topological polar surface area (TPSA) is 64.4 Å². The fraction of sp³-hybridized carbons (Fsp3) is 0.158. The number of carbonyl (C=O) groups excluding carboxylic acids is 1. The van der Waals surface area contributed by atoms with E-state index in [0.717, 1.165) is 12.1 Å². The molecule has 0 fully saturated rings. The van der Waals surface area contributed by atoms with E-state index in [0.29, 0.717) is 16.3 Å². The normalized spacial score (nSPS) is 11.9. The number of benzene rings is 2. The highest BCUT2D eigenvalue weighted by Crippen LogP contribution is 2.33. The third kappa shape index (κ3) is 4.09. The van der Waals surface area contributed by atoms with Gasteiger partial charge in [-0.1, -0.05) is 35.0 Å². The standard InChI is InChI=1S/C19H15ClF2N2O3/c1-10-17(18(27-24-10)14-8-7-12(21)9-16(14)22)23-19(25)26-11(2)13-5-3-4-6-15(13)20/h3-9,11H,1-2H3,(H,23,25). The van der Waals surface area contributed by atoms with Crippen LogP contribution >= 0.6 is 11.6 Å². The number of aromatic nitrogens is 1. The zero-order valence-electron chi connectivity index (χ0n) is 14.4. The molecule has 27 heavy (non-hydrogen) atoms. The van der Waals surface area contributed by atoms with Gasteiger partial charge in [-0.25, -0.2) is 13.6 Å². The molecule has 0 saturated heterocycles. The largest absolute Gasteiger partial charge is 0.441 e. The van der Waals surface area contributed by atoms with Gasteiger partial charge in [-0.3, -0.25) is 5.32 Å². The number of nitrogens with zero attached hydrogens (tertiary/aromatic N) is 1. The van der Waals surface area contributed by atoms with Crippen LogP contribution in [0, 0.1) is 18.6 Å². The second-order valence-electron chi connectivity index (χ2n) is 5.79. The molecule has 0 saturated carbocycles. The van der Waals surface area contributed by atoms with Crippen LogP contribution in [0.5, 0.6) is 0 Å². The average molecular weight is 393 g/mol. The van der Waals surface area contributed by atoms with Crippen LogP contribution in [0.25, 0.3) is 11.3 Å². The lowest BCUT2D eigenvalue weighted by atomic mass is 10.1. The number of anilines is 1. The van der Waals surface area contributed by atoms with Crippen molar-refractivity contribution >= 4 is 23.4 Å². The molecule has 0 aliphatic rings. The third-order valence-electron chi connectivity index (χ3n) is 3.89. The summed E-state index contributed by atoms with van der Waals surface area (Å²) in [4.78, 5) is 12.3. The fourth-order valence-electron chi connectivity index (χ4n) is 2.53. The summed E-state index contributed by atoms with van der Waals surface area (Å²) in [5.74, 6) is -1.60. The second kappa shape index (κ2) is 7.75. The summed E-state index contributed by atoms with van der Waals surface area (Å²) in [6.07, 6.45) is -1.41. The second-order valence-corrected chi connectivity index (χ2v) is 6.20. The van der Waals surface area contributed by atoms with E-state index in [9.17, 15) is 13.6 Å². The molecular formula is C19H15ClF2N2O3. The van der Waals surface area contributed by atoms with Gasteiger partial charge in [0.15, 0.2) is 5.76 Å². The summed E-state index contributed by atoms with van der Waals surface area (Å²) in [6, 6.07) is 9.97. The van der Waals surface area contributed by atoms with Crippen LogP contribution in [-0.2, 0) is 4.74 Å². The molecule has 1 unspecified atom stereocenters. The van der Waals surface area contributed by atoms with Gasteiger partial charge in [0.2, 0.25) is 0 Å². The lowest BCUT2D eigenvalue weighted by molar-refractivity contribution is 0.121. The molecular weight excluding hydrogens is 378 g/mol. The maximum absolute atomic E-state index is 14.1. The zero-order valence-corrected chi connectivity index (χ0v) is 15.2. The molecule has 3 rings (SSSR count). The minimum atomic E-state index is -0.841. The van der Waals surface area contributed by atoms with Gasteiger partial charge in [0, 0.05) is 16.7 Å². The van der Waals surface area contributed by atoms with E-state index in [2.05, 4.69) is 10.5 Å². The Labute approximate surface area is 158 Å². The van der Waals surface area contributed by atoms with Crippen molar-refractivity contribution in [3.8, 4) is 11.3 Å². The first-order valence-corrected chi connectivity index (χ1v) is 8.38. The number of rotatable bonds is 4. The number of amides is 1. The van der Waals surface area contributed by atoms with Gasteiger partial charge in [0.1, 0.15) is 29.1 Å². The molecule has 5 nitrogen and oxygen atoms in total. The Morgan fingerprint density at radius 2 is 2.00 bits per heavy atom. The van der Waals surface area contributed by atoms with Crippen LogP contribution in [-0.4, -0.2) is 11.2 Å². The van der Waals surface area contributed by atoms with Crippen molar-refractivity contribution in [2.45, 2.75) is 20.0 Å². The summed E-state index contributed by atoms with van der Waals surface area (Å²) >= 11 is 6.10. The van der Waals surface area contributed by atoms with Crippen molar-refractivity contribution in [3.63, 3.8) is 0 Å². The summed E-state index contributed by atoms with van der Waals surface area (Å²) in [5.41, 5.74) is 1.06. The Morgan fingerprint density at radius 1 is 1.26 bits per heavy atom.